The van der Waals surface area contributed by atoms with Gasteiger partial charge in [0.1, 0.15) is 17.2 Å². The van der Waals surface area contributed by atoms with Gasteiger partial charge in [-0.3, -0.25) is 0 Å². The molecule has 1 aromatic rings. The normalized spacial score (nSPS) is 18.1. The standard InChI is InChI=1S/C10H12FNO/c1-10(2)5-6-3-7(11)4-8(12)9(6)13-10/h3-4H,5,12H2,1-2H3. The molecule has 0 saturated carbocycles. The highest BCUT2D eigenvalue weighted by Gasteiger charge is 2.31. The van der Waals surface area contributed by atoms with Gasteiger partial charge < -0.3 is 10.5 Å². The number of anilines is 1. The van der Waals surface area contributed by atoms with Crippen molar-refractivity contribution in [1.29, 1.82) is 0 Å². The number of fused-ring (bicyclic) bond motifs is 1. The maximum atomic E-state index is 12.9. The molecule has 0 atom stereocenters. The summed E-state index contributed by atoms with van der Waals surface area (Å²) < 4.78 is 18.5. The van der Waals surface area contributed by atoms with Gasteiger partial charge in [0.25, 0.3) is 0 Å². The van der Waals surface area contributed by atoms with Gasteiger partial charge in [-0.2, -0.15) is 0 Å². The zero-order valence-corrected chi connectivity index (χ0v) is 7.73. The molecule has 0 radical (unpaired) electrons. The van der Waals surface area contributed by atoms with E-state index < -0.39 is 0 Å². The lowest BCUT2D eigenvalue weighted by Gasteiger charge is -2.17. The summed E-state index contributed by atoms with van der Waals surface area (Å²) in [4.78, 5) is 0. The van der Waals surface area contributed by atoms with Crippen LogP contribution in [0.3, 0.4) is 0 Å². The molecule has 70 valence electrons. The van der Waals surface area contributed by atoms with Crippen LogP contribution in [-0.4, -0.2) is 5.60 Å². The number of nitrogen functional groups attached to an aromatic ring is 1. The minimum absolute atomic E-state index is 0.260. The van der Waals surface area contributed by atoms with Crippen LogP contribution in [0.5, 0.6) is 5.75 Å². The summed E-state index contributed by atoms with van der Waals surface area (Å²) in [5.41, 5.74) is 6.62. The van der Waals surface area contributed by atoms with Crippen molar-refractivity contribution in [3.63, 3.8) is 0 Å². The van der Waals surface area contributed by atoms with Gasteiger partial charge in [0.05, 0.1) is 5.69 Å². The number of hydrogen-bond donors (Lipinski definition) is 1. The molecule has 3 heteroatoms. The monoisotopic (exact) mass is 181 g/mol. The summed E-state index contributed by atoms with van der Waals surface area (Å²) >= 11 is 0. The smallest absolute Gasteiger partial charge is 0.146 e. The molecular weight excluding hydrogens is 169 g/mol. The van der Waals surface area contributed by atoms with Crippen molar-refractivity contribution in [1.82, 2.24) is 0 Å². The Morgan fingerprint density at radius 1 is 1.46 bits per heavy atom. The van der Waals surface area contributed by atoms with Gasteiger partial charge in [0.2, 0.25) is 0 Å². The van der Waals surface area contributed by atoms with E-state index in [2.05, 4.69) is 0 Å². The molecule has 0 amide bonds. The second-order valence-corrected chi connectivity index (χ2v) is 4.02. The highest BCUT2D eigenvalue weighted by molar-refractivity contribution is 5.59. The van der Waals surface area contributed by atoms with Gasteiger partial charge in [-0.15, -0.1) is 0 Å². The van der Waals surface area contributed by atoms with Crippen LogP contribution >= 0.6 is 0 Å². The van der Waals surface area contributed by atoms with E-state index in [1.165, 1.54) is 12.1 Å². The van der Waals surface area contributed by atoms with E-state index in [-0.39, 0.29) is 11.4 Å². The molecule has 2 N–H and O–H groups in total. The highest BCUT2D eigenvalue weighted by Crippen LogP contribution is 2.39. The van der Waals surface area contributed by atoms with Gasteiger partial charge in [0, 0.05) is 18.1 Å². The summed E-state index contributed by atoms with van der Waals surface area (Å²) in [5.74, 6) is 0.351. The summed E-state index contributed by atoms with van der Waals surface area (Å²) in [6.07, 6.45) is 0.713. The Hall–Kier alpha value is -1.25. The number of benzene rings is 1. The molecule has 0 bridgehead atoms. The van der Waals surface area contributed by atoms with Gasteiger partial charge in [-0.05, 0) is 19.9 Å². The zero-order chi connectivity index (χ0) is 9.64. The van der Waals surface area contributed by atoms with Gasteiger partial charge in [0.15, 0.2) is 0 Å². The third kappa shape index (κ3) is 1.34. The lowest BCUT2D eigenvalue weighted by molar-refractivity contribution is 0.139. The van der Waals surface area contributed by atoms with Crippen molar-refractivity contribution < 1.29 is 9.13 Å². The fraction of sp³-hybridized carbons (Fsp3) is 0.400. The van der Waals surface area contributed by atoms with Crippen molar-refractivity contribution in [3.05, 3.63) is 23.5 Å². The number of ether oxygens (including phenoxy) is 1. The first-order valence-corrected chi connectivity index (χ1v) is 4.25. The Kier molecular flexibility index (Phi) is 1.53. The van der Waals surface area contributed by atoms with Crippen LogP contribution in [0, 0.1) is 5.82 Å². The molecule has 0 fully saturated rings. The Morgan fingerprint density at radius 2 is 2.15 bits per heavy atom. The number of halogens is 1. The number of nitrogens with two attached hydrogens (primary N) is 1. The lowest BCUT2D eigenvalue weighted by atomic mass is 10.0. The van der Waals surface area contributed by atoms with Crippen LogP contribution in [0.25, 0.3) is 0 Å². The maximum Gasteiger partial charge on any atom is 0.146 e. The lowest BCUT2D eigenvalue weighted by Crippen LogP contribution is -2.24. The van der Waals surface area contributed by atoms with Gasteiger partial charge in [-0.25, -0.2) is 4.39 Å². The predicted molar refractivity (Wildman–Crippen MR) is 49.2 cm³/mol. The molecule has 0 unspecified atom stereocenters. The predicted octanol–water partition coefficient (Wildman–Crippen LogP) is 2.12. The molecule has 0 aromatic heterocycles. The largest absolute Gasteiger partial charge is 0.485 e. The fourth-order valence-corrected chi connectivity index (χ4v) is 1.70. The second-order valence-electron chi connectivity index (χ2n) is 4.02. The summed E-state index contributed by atoms with van der Waals surface area (Å²) in [7, 11) is 0. The second kappa shape index (κ2) is 2.37. The van der Waals surface area contributed by atoms with Crippen molar-refractivity contribution >= 4 is 5.69 Å². The topological polar surface area (TPSA) is 35.2 Å². The van der Waals surface area contributed by atoms with Crippen LogP contribution in [0.2, 0.25) is 0 Å². The number of hydrogen-bond acceptors (Lipinski definition) is 2. The molecule has 13 heavy (non-hydrogen) atoms. The van der Waals surface area contributed by atoms with E-state index >= 15 is 0 Å². The van der Waals surface area contributed by atoms with Crippen molar-refractivity contribution in [3.8, 4) is 5.75 Å². The molecule has 1 aliphatic rings. The molecule has 1 aromatic carbocycles. The Labute approximate surface area is 76.5 Å². The molecule has 0 aliphatic carbocycles. The zero-order valence-electron chi connectivity index (χ0n) is 7.73. The van der Waals surface area contributed by atoms with E-state index in [9.17, 15) is 4.39 Å². The average molecular weight is 181 g/mol. The van der Waals surface area contributed by atoms with Crippen LogP contribution in [0.1, 0.15) is 19.4 Å². The van der Waals surface area contributed by atoms with Crippen LogP contribution in [0.15, 0.2) is 12.1 Å². The van der Waals surface area contributed by atoms with Crippen LogP contribution in [-0.2, 0) is 6.42 Å². The Bertz CT molecular complexity index is 360. The minimum atomic E-state index is -0.294. The maximum absolute atomic E-state index is 12.9. The SMILES string of the molecule is CC1(C)Cc2cc(F)cc(N)c2O1. The van der Waals surface area contributed by atoms with E-state index in [1.54, 1.807) is 0 Å². The quantitative estimate of drug-likeness (QED) is 0.622. The fourth-order valence-electron chi connectivity index (χ4n) is 1.70. The summed E-state index contributed by atoms with van der Waals surface area (Å²) in [5, 5.41) is 0. The first-order valence-electron chi connectivity index (χ1n) is 4.25. The van der Waals surface area contributed by atoms with E-state index in [0.29, 0.717) is 17.9 Å². The van der Waals surface area contributed by atoms with Crippen molar-refractivity contribution in [2.45, 2.75) is 25.9 Å². The van der Waals surface area contributed by atoms with E-state index in [4.69, 9.17) is 10.5 Å². The first-order chi connectivity index (χ1) is 5.98. The van der Waals surface area contributed by atoms with Crippen LogP contribution in [0.4, 0.5) is 10.1 Å². The molecule has 2 nitrogen and oxygen atoms in total. The van der Waals surface area contributed by atoms with E-state index in [0.717, 1.165) is 5.56 Å². The molecule has 2 rings (SSSR count). The van der Waals surface area contributed by atoms with Crippen molar-refractivity contribution in [2.24, 2.45) is 0 Å². The molecule has 0 spiro atoms. The summed E-state index contributed by atoms with van der Waals surface area (Å²) in [6, 6.07) is 2.78. The van der Waals surface area contributed by atoms with Crippen molar-refractivity contribution in [2.75, 3.05) is 5.73 Å². The molecule has 0 saturated heterocycles. The highest BCUT2D eigenvalue weighted by atomic mass is 19.1. The average Bonchev–Trinajstić information content (AvgIpc) is 2.23. The number of rotatable bonds is 0. The molecule has 1 heterocycles. The Balaban J connectivity index is 2.52. The third-order valence-electron chi connectivity index (χ3n) is 2.15. The van der Waals surface area contributed by atoms with E-state index in [1.807, 2.05) is 13.8 Å². The van der Waals surface area contributed by atoms with Gasteiger partial charge >= 0.3 is 0 Å². The Morgan fingerprint density at radius 3 is 2.85 bits per heavy atom. The molecular formula is C10H12FNO. The van der Waals surface area contributed by atoms with Crippen LogP contribution < -0.4 is 10.5 Å². The summed E-state index contributed by atoms with van der Waals surface area (Å²) in [6.45, 7) is 3.93. The minimum Gasteiger partial charge on any atom is -0.485 e. The first kappa shape index (κ1) is 8.35. The molecule has 1 aliphatic heterocycles. The van der Waals surface area contributed by atoms with Gasteiger partial charge in [-0.1, -0.05) is 0 Å². The third-order valence-corrected chi connectivity index (χ3v) is 2.15.